The Kier molecular flexibility index (Phi) is 5.82. The fourth-order valence-corrected chi connectivity index (χ4v) is 6.71. The van der Waals surface area contributed by atoms with Gasteiger partial charge in [0.25, 0.3) is 0 Å². The van der Waals surface area contributed by atoms with Crippen molar-refractivity contribution in [2.75, 3.05) is 4.90 Å². The van der Waals surface area contributed by atoms with Crippen LogP contribution >= 0.6 is 0 Å². The van der Waals surface area contributed by atoms with E-state index in [0.717, 1.165) is 10.5 Å². The number of aromatic hydroxyl groups is 1. The van der Waals surface area contributed by atoms with Gasteiger partial charge in [0, 0.05) is 28.2 Å². The van der Waals surface area contributed by atoms with E-state index in [1.165, 1.54) is 18.2 Å². The van der Waals surface area contributed by atoms with Crippen molar-refractivity contribution in [3.8, 4) is 5.75 Å². The SMILES string of the molecule is CC1=CC(=O)C2=C(C1=O)C(c1cccc(C)c1O)C1=CCC3C(=O)N(c4cccc(B(O)O)c4)C(=O)C3C1C2. The van der Waals surface area contributed by atoms with Crippen molar-refractivity contribution < 1.29 is 34.3 Å². The summed E-state index contributed by atoms with van der Waals surface area (Å²) in [4.78, 5) is 55.3. The number of hydrogen-bond acceptors (Lipinski definition) is 7. The molecule has 4 atom stereocenters. The number of aryl methyl sites for hydroxylation is 1. The number of phenolic OH excluding ortho intramolecular Hbond substituents is 1. The lowest BCUT2D eigenvalue weighted by atomic mass is 9.59. The lowest BCUT2D eigenvalue weighted by molar-refractivity contribution is -0.123. The smallest absolute Gasteiger partial charge is 0.488 e. The molecule has 0 saturated carbocycles. The first-order valence-corrected chi connectivity index (χ1v) is 12.9. The number of phenols is 1. The quantitative estimate of drug-likeness (QED) is 0.243. The largest absolute Gasteiger partial charge is 0.507 e. The zero-order chi connectivity index (χ0) is 27.7. The third-order valence-electron chi connectivity index (χ3n) is 8.57. The number of rotatable bonds is 3. The molecule has 1 fully saturated rings. The van der Waals surface area contributed by atoms with E-state index in [1.807, 2.05) is 6.08 Å². The summed E-state index contributed by atoms with van der Waals surface area (Å²) >= 11 is 0. The van der Waals surface area contributed by atoms with Crippen LogP contribution in [0.25, 0.3) is 0 Å². The molecule has 4 aliphatic rings. The number of anilines is 1. The molecule has 2 aromatic rings. The lowest BCUT2D eigenvalue weighted by Crippen LogP contribution is -2.40. The van der Waals surface area contributed by atoms with E-state index in [4.69, 9.17) is 0 Å². The molecule has 8 nitrogen and oxygen atoms in total. The Morgan fingerprint density at radius 1 is 0.949 bits per heavy atom. The van der Waals surface area contributed by atoms with Gasteiger partial charge in [-0.3, -0.25) is 24.1 Å². The molecule has 196 valence electrons. The predicted molar refractivity (Wildman–Crippen MR) is 143 cm³/mol. The van der Waals surface area contributed by atoms with Crippen LogP contribution in [0.5, 0.6) is 5.75 Å². The maximum absolute atomic E-state index is 13.9. The molecule has 1 saturated heterocycles. The van der Waals surface area contributed by atoms with Crippen LogP contribution in [0.2, 0.25) is 0 Å². The number of carbonyl (C=O) groups is 4. The molecule has 0 aromatic heterocycles. The molecule has 4 unspecified atom stereocenters. The van der Waals surface area contributed by atoms with Crippen molar-refractivity contribution in [1.82, 2.24) is 0 Å². The van der Waals surface area contributed by atoms with Crippen molar-refractivity contribution in [3.05, 3.63) is 88.0 Å². The van der Waals surface area contributed by atoms with Crippen LogP contribution in [0.3, 0.4) is 0 Å². The van der Waals surface area contributed by atoms with Gasteiger partial charge in [0.15, 0.2) is 11.6 Å². The zero-order valence-electron chi connectivity index (χ0n) is 21.4. The summed E-state index contributed by atoms with van der Waals surface area (Å²) < 4.78 is 0. The molecular weight excluding hydrogens is 497 g/mol. The van der Waals surface area contributed by atoms with Crippen LogP contribution in [0.1, 0.15) is 36.8 Å². The number of hydrogen-bond donors (Lipinski definition) is 3. The van der Waals surface area contributed by atoms with Gasteiger partial charge in [-0.2, -0.15) is 0 Å². The fraction of sp³-hybridized carbons (Fsp3) is 0.267. The summed E-state index contributed by atoms with van der Waals surface area (Å²) in [5, 5.41) is 30.3. The number of fused-ring (bicyclic) bond motifs is 3. The third kappa shape index (κ3) is 3.68. The number of Topliss-reactive ketones (excluding diaryl/α,β-unsaturated/α-hetero) is 1. The van der Waals surface area contributed by atoms with Gasteiger partial charge in [-0.15, -0.1) is 0 Å². The third-order valence-corrected chi connectivity index (χ3v) is 8.57. The molecule has 0 radical (unpaired) electrons. The maximum atomic E-state index is 13.9. The van der Waals surface area contributed by atoms with Crippen LogP contribution in [0.15, 0.2) is 76.9 Å². The number of carbonyl (C=O) groups excluding carboxylic acids is 4. The van der Waals surface area contributed by atoms with Crippen LogP contribution in [0, 0.1) is 24.7 Å². The highest BCUT2D eigenvalue weighted by Gasteiger charge is 2.56. The Hall–Kier alpha value is -4.08. The zero-order valence-corrected chi connectivity index (χ0v) is 21.4. The van der Waals surface area contributed by atoms with E-state index in [0.29, 0.717) is 27.8 Å². The van der Waals surface area contributed by atoms with Crippen LogP contribution < -0.4 is 10.4 Å². The van der Waals surface area contributed by atoms with Crippen LogP contribution in [-0.4, -0.2) is 45.7 Å². The Bertz CT molecular complexity index is 1580. The second-order valence-electron chi connectivity index (χ2n) is 10.7. The summed E-state index contributed by atoms with van der Waals surface area (Å²) in [6.45, 7) is 3.36. The van der Waals surface area contributed by atoms with Gasteiger partial charge >= 0.3 is 7.12 Å². The molecule has 3 aliphatic carbocycles. The van der Waals surface area contributed by atoms with Gasteiger partial charge in [0.2, 0.25) is 11.8 Å². The molecule has 1 heterocycles. The molecule has 3 N–H and O–H groups in total. The second-order valence-corrected chi connectivity index (χ2v) is 10.7. The predicted octanol–water partition coefficient (Wildman–Crippen LogP) is 2.01. The molecule has 2 amide bonds. The van der Waals surface area contributed by atoms with Gasteiger partial charge < -0.3 is 15.2 Å². The van der Waals surface area contributed by atoms with Crippen molar-refractivity contribution in [2.45, 2.75) is 32.6 Å². The van der Waals surface area contributed by atoms with Gasteiger partial charge in [-0.05, 0) is 61.8 Å². The number of amides is 2. The summed E-state index contributed by atoms with van der Waals surface area (Å²) in [5.74, 6) is -4.00. The normalized spacial score (nSPS) is 26.2. The van der Waals surface area contributed by atoms with E-state index < -0.39 is 36.7 Å². The average molecular weight is 523 g/mol. The highest BCUT2D eigenvalue weighted by atomic mass is 16.4. The maximum Gasteiger partial charge on any atom is 0.488 e. The van der Waals surface area contributed by atoms with Crippen molar-refractivity contribution in [2.24, 2.45) is 17.8 Å². The molecule has 1 aliphatic heterocycles. The highest BCUT2D eigenvalue weighted by Crippen LogP contribution is 2.56. The topological polar surface area (TPSA) is 132 Å². The fourth-order valence-electron chi connectivity index (χ4n) is 6.71. The van der Waals surface area contributed by atoms with E-state index in [2.05, 4.69) is 0 Å². The minimum atomic E-state index is -1.76. The Labute approximate surface area is 225 Å². The first kappa shape index (κ1) is 25.2. The van der Waals surface area contributed by atoms with E-state index in [1.54, 1.807) is 44.2 Å². The summed E-state index contributed by atoms with van der Waals surface area (Å²) in [6, 6.07) is 11.3. The monoisotopic (exact) mass is 523 g/mol. The number of ketones is 2. The van der Waals surface area contributed by atoms with Gasteiger partial charge in [-0.1, -0.05) is 42.0 Å². The number of nitrogens with zero attached hydrogens (tertiary/aromatic N) is 1. The highest BCUT2D eigenvalue weighted by molar-refractivity contribution is 6.58. The van der Waals surface area contributed by atoms with Gasteiger partial charge in [0.1, 0.15) is 5.75 Å². The summed E-state index contributed by atoms with van der Waals surface area (Å²) in [7, 11) is -1.76. The average Bonchev–Trinajstić information content (AvgIpc) is 3.17. The Morgan fingerprint density at radius 3 is 2.44 bits per heavy atom. The molecule has 0 spiro atoms. The minimum absolute atomic E-state index is 0.0281. The number of benzene rings is 2. The van der Waals surface area contributed by atoms with Crippen molar-refractivity contribution in [3.63, 3.8) is 0 Å². The van der Waals surface area contributed by atoms with Crippen LogP contribution in [0.4, 0.5) is 5.69 Å². The Balaban J connectivity index is 1.49. The molecule has 2 aromatic carbocycles. The van der Waals surface area contributed by atoms with E-state index in [-0.39, 0.29) is 47.2 Å². The number of para-hydroxylation sites is 1. The van der Waals surface area contributed by atoms with Crippen LogP contribution in [-0.2, 0) is 19.2 Å². The van der Waals surface area contributed by atoms with Crippen molar-refractivity contribution in [1.29, 1.82) is 0 Å². The first-order chi connectivity index (χ1) is 18.6. The number of allylic oxidation sites excluding steroid dienone is 6. The summed E-state index contributed by atoms with van der Waals surface area (Å²) in [6.07, 6.45) is 3.63. The molecular formula is C30H26BNO7. The molecule has 6 rings (SSSR count). The van der Waals surface area contributed by atoms with Gasteiger partial charge in [-0.25, -0.2) is 0 Å². The summed E-state index contributed by atoms with van der Waals surface area (Å²) in [5.41, 5.74) is 3.25. The standard InChI is InChI=1S/C30H26BNO7/c1-14-5-3-8-19(27(14)34)24-18-9-10-20-25(21(18)13-22-23(33)11-15(2)28(35)26(22)24)30(37)32(29(20)36)17-7-4-6-16(12-17)31(38)39/h3-9,11-12,20-21,24-25,34,38-39H,10,13H2,1-2H3. The number of imide groups is 1. The lowest BCUT2D eigenvalue weighted by Gasteiger charge is -2.42. The van der Waals surface area contributed by atoms with E-state index >= 15 is 0 Å². The minimum Gasteiger partial charge on any atom is -0.507 e. The Morgan fingerprint density at radius 2 is 1.69 bits per heavy atom. The van der Waals surface area contributed by atoms with Crippen molar-refractivity contribution >= 4 is 41.6 Å². The molecule has 9 heteroatoms. The van der Waals surface area contributed by atoms with E-state index in [9.17, 15) is 34.3 Å². The molecule has 0 bridgehead atoms. The first-order valence-electron chi connectivity index (χ1n) is 12.9. The molecule has 39 heavy (non-hydrogen) atoms. The second kappa shape index (κ2) is 9.00. The van der Waals surface area contributed by atoms with Gasteiger partial charge in [0.05, 0.1) is 17.5 Å².